The number of urea groups is 1. The van der Waals surface area contributed by atoms with Crippen LogP contribution in [-0.4, -0.2) is 46.8 Å². The summed E-state index contributed by atoms with van der Waals surface area (Å²) in [4.78, 5) is 16.7. The molecule has 3 aromatic carbocycles. The van der Waals surface area contributed by atoms with E-state index in [1.165, 1.54) is 12.1 Å². The van der Waals surface area contributed by atoms with Gasteiger partial charge < -0.3 is 15.1 Å². The Balaban J connectivity index is 0.00000320. The first-order valence-corrected chi connectivity index (χ1v) is 11.6. The van der Waals surface area contributed by atoms with E-state index in [9.17, 15) is 18.0 Å². The number of piperazine rings is 1. The zero-order valence-electron chi connectivity index (χ0n) is 19.9. The number of fused-ring (bicyclic) bond motifs is 1. The molecule has 37 heavy (non-hydrogen) atoms. The molecule has 1 aromatic heterocycles. The summed E-state index contributed by atoms with van der Waals surface area (Å²) in [6.45, 7) is 3.47. The molecule has 6 nitrogen and oxygen atoms in total. The maximum absolute atomic E-state index is 12.9. The van der Waals surface area contributed by atoms with Gasteiger partial charge in [-0.3, -0.25) is 0 Å². The maximum atomic E-state index is 12.9. The van der Waals surface area contributed by atoms with Crippen molar-refractivity contribution in [3.05, 3.63) is 84.4 Å². The number of amides is 2. The summed E-state index contributed by atoms with van der Waals surface area (Å²) in [6, 6.07) is 21.9. The Bertz CT molecular complexity index is 1380. The van der Waals surface area contributed by atoms with E-state index >= 15 is 0 Å². The van der Waals surface area contributed by atoms with Crippen LogP contribution in [-0.2, 0) is 6.18 Å². The fraction of sp³-hybridized carbons (Fsp3) is 0.222. The van der Waals surface area contributed by atoms with Gasteiger partial charge in [0.15, 0.2) is 5.82 Å². The van der Waals surface area contributed by atoms with Crippen molar-refractivity contribution in [3.8, 4) is 11.3 Å². The molecule has 1 aliphatic rings. The quantitative estimate of drug-likeness (QED) is 0.331. The largest absolute Gasteiger partial charge is 0.416 e. The first-order valence-electron chi connectivity index (χ1n) is 11.6. The Morgan fingerprint density at radius 3 is 2.19 bits per heavy atom. The molecule has 0 saturated carbocycles. The predicted octanol–water partition coefficient (Wildman–Crippen LogP) is 6.48. The van der Waals surface area contributed by atoms with E-state index in [4.69, 9.17) is 0 Å². The van der Waals surface area contributed by atoms with Gasteiger partial charge in [-0.15, -0.1) is 22.6 Å². The highest BCUT2D eigenvalue weighted by Gasteiger charge is 2.31. The normalized spacial score (nSPS) is 15.8. The Hall–Kier alpha value is -3.85. The minimum absolute atomic E-state index is 0. The summed E-state index contributed by atoms with van der Waals surface area (Å²) >= 11 is 0. The van der Waals surface area contributed by atoms with Gasteiger partial charge in [-0.2, -0.15) is 13.2 Å². The first-order chi connectivity index (χ1) is 17.3. The summed E-state index contributed by atoms with van der Waals surface area (Å²) in [5, 5.41) is 13.8. The molecule has 2 heterocycles. The van der Waals surface area contributed by atoms with Gasteiger partial charge in [-0.1, -0.05) is 54.6 Å². The van der Waals surface area contributed by atoms with Crippen LogP contribution in [0.4, 0.5) is 29.5 Å². The van der Waals surface area contributed by atoms with E-state index in [1.54, 1.807) is 4.90 Å². The highest BCUT2D eigenvalue weighted by molar-refractivity contribution is 6.00. The van der Waals surface area contributed by atoms with Crippen LogP contribution >= 0.6 is 12.4 Å². The minimum Gasteiger partial charge on any atom is -0.351 e. The lowest BCUT2D eigenvalue weighted by atomic mass is 10.0. The van der Waals surface area contributed by atoms with Crippen LogP contribution in [0.15, 0.2) is 78.9 Å². The molecular formula is C27H25ClF3N5O. The van der Waals surface area contributed by atoms with Gasteiger partial charge in [0.2, 0.25) is 0 Å². The number of hydrogen-bond donors (Lipinski definition) is 1. The highest BCUT2D eigenvalue weighted by atomic mass is 35.5. The molecule has 192 valence electrons. The smallest absolute Gasteiger partial charge is 0.351 e. The number of benzene rings is 3. The van der Waals surface area contributed by atoms with Crippen LogP contribution in [0.2, 0.25) is 0 Å². The van der Waals surface area contributed by atoms with Gasteiger partial charge >= 0.3 is 12.2 Å². The van der Waals surface area contributed by atoms with Gasteiger partial charge in [0, 0.05) is 47.7 Å². The van der Waals surface area contributed by atoms with Crippen LogP contribution < -0.4 is 10.2 Å². The zero-order chi connectivity index (χ0) is 25.3. The molecule has 1 N–H and O–H groups in total. The molecule has 5 rings (SSSR count). The number of aromatic nitrogens is 2. The van der Waals surface area contributed by atoms with Crippen molar-refractivity contribution >= 4 is 40.7 Å². The number of carbonyl (C=O) groups excluding carboxylic acids is 1. The number of anilines is 2. The highest BCUT2D eigenvalue weighted by Crippen LogP contribution is 2.33. The zero-order valence-corrected chi connectivity index (χ0v) is 20.8. The average molecular weight is 528 g/mol. The van der Waals surface area contributed by atoms with E-state index in [2.05, 4.69) is 20.4 Å². The fourth-order valence-corrected chi connectivity index (χ4v) is 4.52. The lowest BCUT2D eigenvalue weighted by Gasteiger charge is -2.40. The third-order valence-corrected chi connectivity index (χ3v) is 6.37. The van der Waals surface area contributed by atoms with Crippen LogP contribution in [0, 0.1) is 0 Å². The van der Waals surface area contributed by atoms with Crippen LogP contribution in [0.3, 0.4) is 0 Å². The summed E-state index contributed by atoms with van der Waals surface area (Å²) in [5.74, 6) is 0.764. The summed E-state index contributed by atoms with van der Waals surface area (Å²) < 4.78 is 38.4. The molecule has 0 radical (unpaired) electrons. The van der Waals surface area contributed by atoms with Gasteiger partial charge in [0.05, 0.1) is 5.56 Å². The number of hydrogen-bond acceptors (Lipinski definition) is 4. The molecule has 2 amide bonds. The summed E-state index contributed by atoms with van der Waals surface area (Å²) in [5.41, 5.74) is 1.37. The molecule has 1 saturated heterocycles. The Morgan fingerprint density at radius 2 is 1.54 bits per heavy atom. The third kappa shape index (κ3) is 5.46. The lowest BCUT2D eigenvalue weighted by Crippen LogP contribution is -2.55. The number of carbonyl (C=O) groups is 1. The van der Waals surface area contributed by atoms with E-state index in [1.807, 2.05) is 61.5 Å². The van der Waals surface area contributed by atoms with Crippen LogP contribution in [0.5, 0.6) is 0 Å². The van der Waals surface area contributed by atoms with E-state index < -0.39 is 11.7 Å². The predicted molar refractivity (Wildman–Crippen MR) is 141 cm³/mol. The standard InChI is InChI=1S/C27H24F3N5O.ClH/c1-18-17-34(15-16-35(18)26(36)31-21-13-11-20(12-14-21)27(28,29)30)25-23-10-6-5-9-22(23)24(32-33-25)19-7-3-2-4-8-19;/h2-14,18H,15-17H2,1H3,(H,31,36);1H/t18-;/m0./s1. The van der Waals surface area contributed by atoms with E-state index in [0.717, 1.165) is 40.0 Å². The van der Waals surface area contributed by atoms with Gasteiger partial charge in [0.25, 0.3) is 0 Å². The number of nitrogens with zero attached hydrogens (tertiary/aromatic N) is 4. The minimum atomic E-state index is -4.42. The maximum Gasteiger partial charge on any atom is 0.416 e. The van der Waals surface area contributed by atoms with Crippen molar-refractivity contribution in [3.63, 3.8) is 0 Å². The third-order valence-electron chi connectivity index (χ3n) is 6.37. The fourth-order valence-electron chi connectivity index (χ4n) is 4.52. The molecular weight excluding hydrogens is 503 g/mol. The van der Waals surface area contributed by atoms with Crippen molar-refractivity contribution in [1.29, 1.82) is 0 Å². The molecule has 0 spiro atoms. The molecule has 0 unspecified atom stereocenters. The number of halogens is 4. The Labute approximate surface area is 218 Å². The van der Waals surface area contributed by atoms with E-state index in [-0.39, 0.29) is 24.5 Å². The first kappa shape index (κ1) is 26.2. The van der Waals surface area contributed by atoms with Crippen LogP contribution in [0.25, 0.3) is 22.0 Å². The van der Waals surface area contributed by atoms with Crippen molar-refractivity contribution in [2.75, 3.05) is 29.9 Å². The van der Waals surface area contributed by atoms with Gasteiger partial charge in [0.1, 0.15) is 5.69 Å². The average Bonchev–Trinajstić information content (AvgIpc) is 2.88. The second-order valence-electron chi connectivity index (χ2n) is 8.78. The van der Waals surface area contributed by atoms with Gasteiger partial charge in [-0.25, -0.2) is 4.79 Å². The SMILES string of the molecule is C[C@H]1CN(c2nnc(-c3ccccc3)c3ccccc23)CCN1C(=O)Nc1ccc(C(F)(F)F)cc1.Cl. The van der Waals surface area contributed by atoms with E-state index in [0.29, 0.717) is 25.3 Å². The molecule has 1 atom stereocenters. The van der Waals surface area contributed by atoms with Crippen molar-refractivity contribution in [2.45, 2.75) is 19.1 Å². The second-order valence-corrected chi connectivity index (χ2v) is 8.78. The second kappa shape index (κ2) is 10.6. The molecule has 10 heteroatoms. The topological polar surface area (TPSA) is 61.4 Å². The molecule has 1 fully saturated rings. The lowest BCUT2D eigenvalue weighted by molar-refractivity contribution is -0.137. The molecule has 1 aliphatic heterocycles. The summed E-state index contributed by atoms with van der Waals surface area (Å²) in [7, 11) is 0. The molecule has 0 aliphatic carbocycles. The van der Waals surface area contributed by atoms with Crippen molar-refractivity contribution in [2.24, 2.45) is 0 Å². The summed E-state index contributed by atoms with van der Waals surface area (Å²) in [6.07, 6.45) is -4.42. The molecule has 4 aromatic rings. The van der Waals surface area contributed by atoms with Crippen molar-refractivity contribution < 1.29 is 18.0 Å². The number of nitrogens with one attached hydrogen (secondary N) is 1. The Morgan fingerprint density at radius 1 is 0.892 bits per heavy atom. The Kier molecular flexibility index (Phi) is 7.54. The number of rotatable bonds is 3. The van der Waals surface area contributed by atoms with Crippen molar-refractivity contribution in [1.82, 2.24) is 15.1 Å². The van der Waals surface area contributed by atoms with Gasteiger partial charge in [-0.05, 0) is 31.2 Å². The monoisotopic (exact) mass is 527 g/mol. The molecule has 0 bridgehead atoms. The van der Waals surface area contributed by atoms with Crippen LogP contribution in [0.1, 0.15) is 12.5 Å². The number of alkyl halides is 3.